The summed E-state index contributed by atoms with van der Waals surface area (Å²) in [6.07, 6.45) is 1.42. The second-order valence-corrected chi connectivity index (χ2v) is 3.86. The van der Waals surface area contributed by atoms with Crippen molar-refractivity contribution in [1.29, 1.82) is 0 Å². The molecule has 2 heterocycles. The van der Waals surface area contributed by atoms with E-state index in [1.165, 1.54) is 39.1 Å². The molecule has 0 aliphatic carbocycles. The molecule has 2 aliphatic rings. The van der Waals surface area contributed by atoms with Crippen LogP contribution in [0.1, 0.15) is 13.3 Å². The van der Waals surface area contributed by atoms with Crippen LogP contribution in [0.5, 0.6) is 0 Å². The molecule has 0 spiro atoms. The molecule has 2 heteroatoms. The van der Waals surface area contributed by atoms with E-state index in [9.17, 15) is 0 Å². The molecule has 0 aromatic carbocycles. The molecule has 2 atom stereocenters. The molecular weight excluding hydrogens is 136 g/mol. The van der Waals surface area contributed by atoms with Crippen LogP contribution in [0, 0.1) is 11.8 Å². The third-order valence-electron chi connectivity index (χ3n) is 3.24. The lowest BCUT2D eigenvalue weighted by molar-refractivity contribution is 0.155. The van der Waals surface area contributed by atoms with Crippen molar-refractivity contribution in [2.45, 2.75) is 13.3 Å². The van der Waals surface area contributed by atoms with Gasteiger partial charge in [0.05, 0.1) is 0 Å². The molecule has 0 saturated carbocycles. The van der Waals surface area contributed by atoms with Gasteiger partial charge in [-0.3, -0.25) is 0 Å². The number of likely N-dealkylation sites (tertiary alicyclic amines) is 1. The fourth-order valence-corrected chi connectivity index (χ4v) is 2.40. The van der Waals surface area contributed by atoms with Crippen LogP contribution in [0.25, 0.3) is 0 Å². The van der Waals surface area contributed by atoms with E-state index in [-0.39, 0.29) is 0 Å². The zero-order valence-corrected chi connectivity index (χ0v) is 7.34. The van der Waals surface area contributed by atoms with E-state index in [0.29, 0.717) is 0 Å². The third-order valence-corrected chi connectivity index (χ3v) is 3.24. The molecule has 2 fully saturated rings. The molecule has 0 bridgehead atoms. The first-order chi connectivity index (χ1) is 5.40. The van der Waals surface area contributed by atoms with Gasteiger partial charge in [0.1, 0.15) is 0 Å². The molecule has 2 aliphatic heterocycles. The maximum atomic E-state index is 3.48. The van der Waals surface area contributed by atoms with Crippen LogP contribution in [0.4, 0.5) is 0 Å². The zero-order chi connectivity index (χ0) is 7.68. The Kier molecular flexibility index (Phi) is 2.14. The topological polar surface area (TPSA) is 15.3 Å². The van der Waals surface area contributed by atoms with Crippen molar-refractivity contribution in [1.82, 2.24) is 10.2 Å². The van der Waals surface area contributed by atoms with Crippen molar-refractivity contribution in [2.24, 2.45) is 11.8 Å². The maximum absolute atomic E-state index is 3.48. The van der Waals surface area contributed by atoms with Gasteiger partial charge in [0.25, 0.3) is 0 Å². The normalized spacial score (nSPS) is 39.0. The Labute approximate surface area is 69.0 Å². The van der Waals surface area contributed by atoms with Gasteiger partial charge in [-0.15, -0.1) is 0 Å². The number of hydrogen-bond donors (Lipinski definition) is 1. The summed E-state index contributed by atoms with van der Waals surface area (Å²) >= 11 is 0. The van der Waals surface area contributed by atoms with Crippen LogP contribution < -0.4 is 5.32 Å². The number of fused-ring (bicyclic) bond motifs is 1. The highest BCUT2D eigenvalue weighted by atomic mass is 15.1. The highest BCUT2D eigenvalue weighted by Gasteiger charge is 2.31. The highest BCUT2D eigenvalue weighted by Crippen LogP contribution is 2.25. The summed E-state index contributed by atoms with van der Waals surface area (Å²) in [6.45, 7) is 8.73. The molecule has 11 heavy (non-hydrogen) atoms. The van der Waals surface area contributed by atoms with E-state index < -0.39 is 0 Å². The number of nitrogens with one attached hydrogen (secondary N) is 1. The van der Waals surface area contributed by atoms with E-state index in [2.05, 4.69) is 17.1 Å². The second-order valence-electron chi connectivity index (χ2n) is 3.86. The van der Waals surface area contributed by atoms with Crippen molar-refractivity contribution in [3.8, 4) is 0 Å². The molecule has 2 nitrogen and oxygen atoms in total. The van der Waals surface area contributed by atoms with Crippen LogP contribution in [-0.2, 0) is 0 Å². The van der Waals surface area contributed by atoms with Gasteiger partial charge < -0.3 is 10.2 Å². The smallest absolute Gasteiger partial charge is 0.00248 e. The SMILES string of the molecule is CCN1CCC2CNCC2C1. The Bertz CT molecular complexity index is 136. The lowest BCUT2D eigenvalue weighted by Gasteiger charge is -2.33. The van der Waals surface area contributed by atoms with E-state index in [1.54, 1.807) is 0 Å². The second kappa shape index (κ2) is 3.11. The van der Waals surface area contributed by atoms with Gasteiger partial charge >= 0.3 is 0 Å². The van der Waals surface area contributed by atoms with Gasteiger partial charge in [0, 0.05) is 6.54 Å². The van der Waals surface area contributed by atoms with Gasteiger partial charge in [0.15, 0.2) is 0 Å². The van der Waals surface area contributed by atoms with Crippen LogP contribution >= 0.6 is 0 Å². The summed E-state index contributed by atoms with van der Waals surface area (Å²) in [5.41, 5.74) is 0. The maximum Gasteiger partial charge on any atom is 0.00248 e. The van der Waals surface area contributed by atoms with Gasteiger partial charge in [-0.1, -0.05) is 6.92 Å². The molecule has 64 valence electrons. The van der Waals surface area contributed by atoms with Gasteiger partial charge in [-0.05, 0) is 44.4 Å². The van der Waals surface area contributed by atoms with Crippen LogP contribution in [0.2, 0.25) is 0 Å². The fourth-order valence-electron chi connectivity index (χ4n) is 2.40. The Balaban J connectivity index is 1.91. The molecular formula is C9H18N2. The zero-order valence-electron chi connectivity index (χ0n) is 7.34. The van der Waals surface area contributed by atoms with E-state index in [4.69, 9.17) is 0 Å². The molecule has 1 N–H and O–H groups in total. The Morgan fingerprint density at radius 2 is 2.18 bits per heavy atom. The minimum absolute atomic E-state index is 0.962. The van der Waals surface area contributed by atoms with Gasteiger partial charge in [0.2, 0.25) is 0 Å². The predicted molar refractivity (Wildman–Crippen MR) is 46.6 cm³/mol. The summed E-state index contributed by atoms with van der Waals surface area (Å²) in [5, 5.41) is 3.48. The minimum atomic E-state index is 0.962. The Morgan fingerprint density at radius 3 is 3.00 bits per heavy atom. The summed E-state index contributed by atoms with van der Waals surface area (Å²) < 4.78 is 0. The lowest BCUT2D eigenvalue weighted by atomic mass is 9.89. The van der Waals surface area contributed by atoms with Crippen LogP contribution in [0.3, 0.4) is 0 Å². The number of nitrogens with zero attached hydrogens (tertiary/aromatic N) is 1. The lowest BCUT2D eigenvalue weighted by Crippen LogP contribution is -2.39. The summed E-state index contributed by atoms with van der Waals surface area (Å²) in [4.78, 5) is 2.58. The van der Waals surface area contributed by atoms with Crippen molar-refractivity contribution in [3.05, 3.63) is 0 Å². The molecule has 2 unspecified atom stereocenters. The summed E-state index contributed by atoms with van der Waals surface area (Å²) in [5.74, 6) is 1.96. The minimum Gasteiger partial charge on any atom is -0.316 e. The van der Waals surface area contributed by atoms with Crippen molar-refractivity contribution >= 4 is 0 Å². The average Bonchev–Trinajstić information content (AvgIpc) is 2.50. The monoisotopic (exact) mass is 154 g/mol. The Morgan fingerprint density at radius 1 is 1.36 bits per heavy atom. The van der Waals surface area contributed by atoms with E-state index >= 15 is 0 Å². The van der Waals surface area contributed by atoms with Crippen molar-refractivity contribution < 1.29 is 0 Å². The third kappa shape index (κ3) is 1.42. The molecule has 0 radical (unpaired) electrons. The van der Waals surface area contributed by atoms with Crippen molar-refractivity contribution in [2.75, 3.05) is 32.7 Å². The molecule has 2 rings (SSSR count). The first-order valence-electron chi connectivity index (χ1n) is 4.83. The Hall–Kier alpha value is -0.0800. The molecule has 0 amide bonds. The van der Waals surface area contributed by atoms with Crippen LogP contribution in [0.15, 0.2) is 0 Å². The molecule has 0 aromatic heterocycles. The fraction of sp³-hybridized carbons (Fsp3) is 1.00. The predicted octanol–water partition coefficient (Wildman–Crippen LogP) is 0.548. The van der Waals surface area contributed by atoms with Gasteiger partial charge in [-0.25, -0.2) is 0 Å². The largest absolute Gasteiger partial charge is 0.316 e. The van der Waals surface area contributed by atoms with Crippen LogP contribution in [-0.4, -0.2) is 37.6 Å². The standard InChI is InChI=1S/C9H18N2/c1-2-11-4-3-8-5-10-6-9(8)7-11/h8-10H,2-7H2,1H3. The molecule has 0 aromatic rings. The first kappa shape index (κ1) is 7.56. The van der Waals surface area contributed by atoms with Gasteiger partial charge in [-0.2, -0.15) is 0 Å². The summed E-state index contributed by atoms with van der Waals surface area (Å²) in [7, 11) is 0. The highest BCUT2D eigenvalue weighted by molar-refractivity contribution is 4.87. The molecule has 2 saturated heterocycles. The summed E-state index contributed by atoms with van der Waals surface area (Å²) in [6, 6.07) is 0. The quantitative estimate of drug-likeness (QED) is 0.593. The number of rotatable bonds is 1. The van der Waals surface area contributed by atoms with E-state index in [0.717, 1.165) is 11.8 Å². The number of hydrogen-bond acceptors (Lipinski definition) is 2. The van der Waals surface area contributed by atoms with E-state index in [1.807, 2.05) is 0 Å². The van der Waals surface area contributed by atoms with Crippen molar-refractivity contribution in [3.63, 3.8) is 0 Å². The average molecular weight is 154 g/mol. The number of piperidine rings is 1. The first-order valence-corrected chi connectivity index (χ1v) is 4.83.